The van der Waals surface area contributed by atoms with Gasteiger partial charge in [-0.15, -0.1) is 0 Å². The van der Waals surface area contributed by atoms with Crippen molar-refractivity contribution in [2.45, 2.75) is 95.9 Å². The molecule has 9 heteroatoms. The van der Waals surface area contributed by atoms with Crippen LogP contribution >= 0.6 is 0 Å². The number of pyridine rings is 2. The Morgan fingerprint density at radius 3 is 2.89 bits per heavy atom. The Morgan fingerprint density at radius 1 is 1.27 bits per heavy atom. The van der Waals surface area contributed by atoms with E-state index in [1.165, 1.54) is 10.5 Å². The second-order valence-corrected chi connectivity index (χ2v) is 10.3. The number of carboxylic acids is 1. The Hall–Kier alpha value is -2.65. The molecule has 0 aromatic carbocycles. The summed E-state index contributed by atoms with van der Waals surface area (Å²) < 4.78 is 36.7. The average Bonchev–Trinajstić information content (AvgIpc) is 3.36. The number of anilines is 1. The molecule has 0 radical (unpaired) electrons. The lowest BCUT2D eigenvalue weighted by atomic mass is 9.97. The highest BCUT2D eigenvalue weighted by Gasteiger charge is 2.49. The fourth-order valence-corrected chi connectivity index (χ4v) is 5.41. The molecule has 2 aliphatic rings. The summed E-state index contributed by atoms with van der Waals surface area (Å²) in [4.78, 5) is 22.8. The number of halogens is 2. The van der Waals surface area contributed by atoms with Crippen LogP contribution in [0.3, 0.4) is 0 Å². The minimum atomic E-state index is -2.99. The standard InChI is InChI=1S/C28H38F2N4O3/c1-19(2)37-18-23-22(10-6-15-31-23)25(27(35)36)34-17-7-11-24(34)28(29,30)14-4-3-9-21-13-12-20-8-5-16-32-26(20)33-21/h6,10,12-13,15,19,24-25H,3-5,7-9,11,14,16-18H2,1-2H3,(H,32,33)(H,35,36)/t24-,25?/m1/s1. The minimum absolute atomic E-state index is 0.0604. The zero-order valence-corrected chi connectivity index (χ0v) is 21.8. The number of carbonyl (C=O) groups is 1. The summed E-state index contributed by atoms with van der Waals surface area (Å²) in [6.07, 6.45) is 5.75. The van der Waals surface area contributed by atoms with E-state index < -0.39 is 24.0 Å². The fourth-order valence-electron chi connectivity index (χ4n) is 5.41. The van der Waals surface area contributed by atoms with Crippen LogP contribution in [0.15, 0.2) is 30.5 Å². The first-order valence-electron chi connectivity index (χ1n) is 13.4. The summed E-state index contributed by atoms with van der Waals surface area (Å²) in [5.41, 5.74) is 3.02. The summed E-state index contributed by atoms with van der Waals surface area (Å²) in [6.45, 7) is 5.12. The number of carboxylic acid groups (broad SMARTS) is 1. The van der Waals surface area contributed by atoms with Gasteiger partial charge >= 0.3 is 5.97 Å². The molecule has 2 aliphatic heterocycles. The predicted octanol–water partition coefficient (Wildman–Crippen LogP) is 5.40. The van der Waals surface area contributed by atoms with Gasteiger partial charge in [0.05, 0.1) is 24.4 Å². The lowest BCUT2D eigenvalue weighted by Crippen LogP contribution is -2.47. The third-order valence-electron chi connectivity index (χ3n) is 7.27. The summed E-state index contributed by atoms with van der Waals surface area (Å²) >= 11 is 0. The molecule has 37 heavy (non-hydrogen) atoms. The Balaban J connectivity index is 1.40. The normalized spacial score (nSPS) is 19.0. The van der Waals surface area contributed by atoms with Gasteiger partial charge in [0, 0.05) is 30.4 Å². The highest BCUT2D eigenvalue weighted by molar-refractivity contribution is 5.76. The molecule has 7 nitrogen and oxygen atoms in total. The van der Waals surface area contributed by atoms with Crippen molar-refractivity contribution in [1.82, 2.24) is 14.9 Å². The molecule has 202 valence electrons. The second-order valence-electron chi connectivity index (χ2n) is 10.3. The monoisotopic (exact) mass is 516 g/mol. The second kappa shape index (κ2) is 12.3. The zero-order valence-electron chi connectivity index (χ0n) is 21.8. The number of aliphatic carboxylic acids is 1. The van der Waals surface area contributed by atoms with Gasteiger partial charge in [-0.05, 0) is 83.0 Å². The smallest absolute Gasteiger partial charge is 0.325 e. The predicted molar refractivity (Wildman–Crippen MR) is 138 cm³/mol. The van der Waals surface area contributed by atoms with Gasteiger partial charge in [0.2, 0.25) is 0 Å². The van der Waals surface area contributed by atoms with Crippen LogP contribution in [0.4, 0.5) is 14.6 Å². The van der Waals surface area contributed by atoms with Crippen molar-refractivity contribution < 1.29 is 23.4 Å². The summed E-state index contributed by atoms with van der Waals surface area (Å²) in [5.74, 6) is -3.22. The summed E-state index contributed by atoms with van der Waals surface area (Å²) in [5, 5.41) is 13.4. The Labute approximate surface area is 217 Å². The van der Waals surface area contributed by atoms with E-state index in [-0.39, 0.29) is 25.6 Å². The molecule has 0 amide bonds. The summed E-state index contributed by atoms with van der Waals surface area (Å²) in [6, 6.07) is 5.08. The van der Waals surface area contributed by atoms with E-state index >= 15 is 8.78 Å². The Kier molecular flexibility index (Phi) is 9.08. The van der Waals surface area contributed by atoms with Gasteiger partial charge in [-0.3, -0.25) is 14.7 Å². The molecule has 1 unspecified atom stereocenters. The first-order valence-corrected chi connectivity index (χ1v) is 13.4. The fraction of sp³-hybridized carbons (Fsp3) is 0.607. The van der Waals surface area contributed by atoms with Crippen molar-refractivity contribution in [2.75, 3.05) is 18.4 Å². The van der Waals surface area contributed by atoms with Crippen molar-refractivity contribution in [2.24, 2.45) is 0 Å². The van der Waals surface area contributed by atoms with E-state index in [4.69, 9.17) is 4.74 Å². The number of fused-ring (bicyclic) bond motifs is 1. The van der Waals surface area contributed by atoms with Crippen LogP contribution in [0.2, 0.25) is 0 Å². The highest BCUT2D eigenvalue weighted by Crippen LogP contribution is 2.40. The molecule has 2 aromatic heterocycles. The maximum absolute atomic E-state index is 15.5. The van der Waals surface area contributed by atoms with Gasteiger partial charge in [0.25, 0.3) is 5.92 Å². The van der Waals surface area contributed by atoms with Crippen molar-refractivity contribution in [3.63, 3.8) is 0 Å². The number of alkyl halides is 2. The molecule has 4 rings (SSSR count). The lowest BCUT2D eigenvalue weighted by molar-refractivity contribution is -0.148. The summed E-state index contributed by atoms with van der Waals surface area (Å²) in [7, 11) is 0. The number of aryl methyl sites for hydroxylation is 2. The maximum Gasteiger partial charge on any atom is 0.325 e. The first-order chi connectivity index (χ1) is 17.8. The number of hydrogen-bond acceptors (Lipinski definition) is 6. The number of rotatable bonds is 12. The minimum Gasteiger partial charge on any atom is -0.480 e. The topological polar surface area (TPSA) is 87.6 Å². The highest BCUT2D eigenvalue weighted by atomic mass is 19.3. The number of nitrogens with zero attached hydrogens (tertiary/aromatic N) is 3. The van der Waals surface area contributed by atoms with Crippen molar-refractivity contribution in [3.05, 3.63) is 53.0 Å². The Morgan fingerprint density at radius 2 is 2.11 bits per heavy atom. The van der Waals surface area contributed by atoms with Crippen molar-refractivity contribution >= 4 is 11.8 Å². The van der Waals surface area contributed by atoms with Gasteiger partial charge < -0.3 is 15.2 Å². The van der Waals surface area contributed by atoms with Crippen molar-refractivity contribution in [1.29, 1.82) is 0 Å². The van der Waals surface area contributed by atoms with Crippen LogP contribution in [0.25, 0.3) is 0 Å². The van der Waals surface area contributed by atoms with Crippen LogP contribution in [0.5, 0.6) is 0 Å². The molecule has 0 aliphatic carbocycles. The molecule has 2 atom stereocenters. The number of likely N-dealkylation sites (tertiary alicyclic amines) is 1. The molecular formula is C28H38F2N4O3. The van der Waals surface area contributed by atoms with E-state index in [1.807, 2.05) is 19.9 Å². The van der Waals surface area contributed by atoms with E-state index in [9.17, 15) is 9.90 Å². The lowest BCUT2D eigenvalue weighted by Gasteiger charge is -2.35. The third kappa shape index (κ3) is 6.82. The Bertz CT molecular complexity index is 1070. The average molecular weight is 517 g/mol. The molecule has 0 saturated carbocycles. The van der Waals surface area contributed by atoms with E-state index in [2.05, 4.69) is 21.4 Å². The molecule has 0 spiro atoms. The number of aromatic nitrogens is 2. The molecular weight excluding hydrogens is 478 g/mol. The van der Waals surface area contributed by atoms with Crippen LogP contribution in [0, 0.1) is 0 Å². The maximum atomic E-state index is 15.5. The molecule has 4 heterocycles. The van der Waals surface area contributed by atoms with Crippen LogP contribution in [-0.2, 0) is 29.0 Å². The molecule has 0 bridgehead atoms. The number of ether oxygens (including phenoxy) is 1. The van der Waals surface area contributed by atoms with Gasteiger partial charge in [0.1, 0.15) is 11.9 Å². The third-order valence-corrected chi connectivity index (χ3v) is 7.27. The first kappa shape index (κ1) is 27.4. The van der Waals surface area contributed by atoms with E-state index in [1.54, 1.807) is 18.3 Å². The molecule has 1 saturated heterocycles. The largest absolute Gasteiger partial charge is 0.480 e. The van der Waals surface area contributed by atoms with Gasteiger partial charge in [0.15, 0.2) is 0 Å². The van der Waals surface area contributed by atoms with Crippen LogP contribution < -0.4 is 5.32 Å². The number of nitrogens with one attached hydrogen (secondary N) is 1. The van der Waals surface area contributed by atoms with Gasteiger partial charge in [-0.25, -0.2) is 13.8 Å². The molecule has 2 N–H and O–H groups in total. The van der Waals surface area contributed by atoms with Crippen molar-refractivity contribution in [3.8, 4) is 0 Å². The number of hydrogen-bond donors (Lipinski definition) is 2. The van der Waals surface area contributed by atoms with Gasteiger partial charge in [-0.1, -0.05) is 12.1 Å². The van der Waals surface area contributed by atoms with E-state index in [0.717, 1.165) is 30.9 Å². The zero-order chi connectivity index (χ0) is 26.4. The SMILES string of the molecule is CC(C)OCc1ncccc1C(C(=O)O)N1CCC[C@@H]1C(F)(F)CCCCc1ccc2c(n1)NCCC2. The van der Waals surface area contributed by atoms with Crippen LogP contribution in [-0.4, -0.2) is 57.1 Å². The quantitative estimate of drug-likeness (QED) is 0.365. The molecule has 2 aromatic rings. The molecule has 1 fully saturated rings. The number of unbranched alkanes of at least 4 members (excludes halogenated alkanes) is 1. The van der Waals surface area contributed by atoms with Crippen LogP contribution in [0.1, 0.15) is 80.9 Å². The van der Waals surface area contributed by atoms with E-state index in [0.29, 0.717) is 43.5 Å². The van der Waals surface area contributed by atoms with Gasteiger partial charge in [-0.2, -0.15) is 0 Å².